The van der Waals surface area contributed by atoms with E-state index in [-0.39, 0.29) is 0 Å². The molecule has 0 aliphatic rings. The van der Waals surface area contributed by atoms with Crippen molar-refractivity contribution >= 4 is 11.8 Å². The maximum Gasteiger partial charge on any atom is 0.00693 e. The minimum Gasteiger partial charge on any atom is -0.330 e. The van der Waals surface area contributed by atoms with E-state index in [1.54, 1.807) is 11.8 Å². The van der Waals surface area contributed by atoms with Crippen LogP contribution in [0.3, 0.4) is 0 Å². The monoisotopic (exact) mass is 266 g/mol. The summed E-state index contributed by atoms with van der Waals surface area (Å²) in [7, 11) is 2.20. The molecule has 1 aromatic carbocycles. The molecule has 0 bridgehead atoms. The second-order valence-corrected chi connectivity index (χ2v) is 5.92. The van der Waals surface area contributed by atoms with Gasteiger partial charge < -0.3 is 10.6 Å². The highest BCUT2D eigenvalue weighted by atomic mass is 32.2. The zero-order chi connectivity index (χ0) is 13.4. The van der Waals surface area contributed by atoms with Crippen LogP contribution in [0.1, 0.15) is 18.9 Å². The lowest BCUT2D eigenvalue weighted by Crippen LogP contribution is -2.27. The van der Waals surface area contributed by atoms with Gasteiger partial charge in [-0.15, -0.1) is 11.8 Å². The molecule has 0 fully saturated rings. The molecule has 0 aromatic heterocycles. The highest BCUT2D eigenvalue weighted by Gasteiger charge is 2.05. The summed E-state index contributed by atoms with van der Waals surface area (Å²) in [5, 5.41) is 0. The molecule has 2 nitrogen and oxygen atoms in total. The van der Waals surface area contributed by atoms with E-state index in [0.717, 1.165) is 32.5 Å². The largest absolute Gasteiger partial charge is 0.330 e. The molecule has 2 N–H and O–H groups in total. The summed E-state index contributed by atoms with van der Waals surface area (Å²) < 4.78 is 0. The Morgan fingerprint density at radius 3 is 2.50 bits per heavy atom. The Bertz CT molecular complexity index is 324. The summed E-state index contributed by atoms with van der Waals surface area (Å²) >= 11 is 1.79. The van der Waals surface area contributed by atoms with Crippen LogP contribution in [0.15, 0.2) is 29.2 Å². The van der Waals surface area contributed by atoms with Crippen LogP contribution < -0.4 is 5.73 Å². The molecule has 0 saturated heterocycles. The van der Waals surface area contributed by atoms with Gasteiger partial charge in [0.1, 0.15) is 0 Å². The SMILES string of the molecule is CSc1ccc(CCN(C)CC(C)CCN)cc1. The smallest absolute Gasteiger partial charge is 0.00693 e. The predicted octanol–water partition coefficient (Wildman–Crippen LogP) is 2.87. The van der Waals surface area contributed by atoms with E-state index in [0.29, 0.717) is 5.92 Å². The second kappa shape index (κ2) is 8.57. The van der Waals surface area contributed by atoms with Gasteiger partial charge in [-0.3, -0.25) is 0 Å². The van der Waals surface area contributed by atoms with E-state index in [1.165, 1.54) is 10.5 Å². The van der Waals surface area contributed by atoms with Crippen LogP contribution in [0, 0.1) is 5.92 Å². The average molecular weight is 266 g/mol. The first-order chi connectivity index (χ1) is 8.65. The van der Waals surface area contributed by atoms with Crippen LogP contribution in [-0.2, 0) is 6.42 Å². The number of benzene rings is 1. The first-order valence-electron chi connectivity index (χ1n) is 6.67. The quantitative estimate of drug-likeness (QED) is 0.734. The number of nitrogens with two attached hydrogens (primary N) is 1. The molecular weight excluding hydrogens is 240 g/mol. The van der Waals surface area contributed by atoms with Crippen molar-refractivity contribution in [2.24, 2.45) is 11.7 Å². The van der Waals surface area contributed by atoms with Crippen molar-refractivity contribution in [2.75, 3.05) is 32.9 Å². The van der Waals surface area contributed by atoms with Gasteiger partial charge in [-0.05, 0) is 56.3 Å². The van der Waals surface area contributed by atoms with Gasteiger partial charge in [0.05, 0.1) is 0 Å². The Kier molecular flexibility index (Phi) is 7.40. The Hall–Kier alpha value is -0.510. The van der Waals surface area contributed by atoms with E-state index < -0.39 is 0 Å². The highest BCUT2D eigenvalue weighted by molar-refractivity contribution is 7.98. The number of likely N-dealkylation sites (N-methyl/N-ethyl adjacent to an activating group) is 1. The summed E-state index contributed by atoms with van der Waals surface area (Å²) in [6.07, 6.45) is 4.36. The lowest BCUT2D eigenvalue weighted by Gasteiger charge is -2.20. The molecular formula is C15H26N2S. The van der Waals surface area contributed by atoms with Crippen LogP contribution >= 0.6 is 11.8 Å². The molecule has 0 saturated carbocycles. The van der Waals surface area contributed by atoms with Crippen molar-refractivity contribution < 1.29 is 0 Å². The Morgan fingerprint density at radius 1 is 1.28 bits per heavy atom. The highest BCUT2D eigenvalue weighted by Crippen LogP contribution is 2.15. The topological polar surface area (TPSA) is 29.3 Å². The van der Waals surface area contributed by atoms with Gasteiger partial charge >= 0.3 is 0 Å². The summed E-state index contributed by atoms with van der Waals surface area (Å²) in [6, 6.07) is 8.89. The third-order valence-corrected chi connectivity index (χ3v) is 3.97. The summed E-state index contributed by atoms with van der Waals surface area (Å²) in [6.45, 7) is 5.33. The molecule has 0 heterocycles. The zero-order valence-corrected chi connectivity index (χ0v) is 12.7. The third-order valence-electron chi connectivity index (χ3n) is 3.22. The molecule has 1 unspecified atom stereocenters. The minimum atomic E-state index is 0.693. The molecule has 0 amide bonds. The van der Waals surface area contributed by atoms with Crippen molar-refractivity contribution in [1.82, 2.24) is 4.90 Å². The van der Waals surface area contributed by atoms with Crippen LogP contribution in [0.4, 0.5) is 0 Å². The number of thioether (sulfide) groups is 1. The van der Waals surface area contributed by atoms with Crippen molar-refractivity contribution in [1.29, 1.82) is 0 Å². The Labute approximate surface area is 116 Å². The summed E-state index contributed by atoms with van der Waals surface area (Å²) in [5.41, 5.74) is 7.00. The fourth-order valence-electron chi connectivity index (χ4n) is 2.11. The van der Waals surface area contributed by atoms with Crippen LogP contribution in [0.5, 0.6) is 0 Å². The maximum atomic E-state index is 5.58. The zero-order valence-electron chi connectivity index (χ0n) is 11.9. The number of hydrogen-bond donors (Lipinski definition) is 1. The molecule has 0 aliphatic heterocycles. The van der Waals surface area contributed by atoms with Gasteiger partial charge in [0.2, 0.25) is 0 Å². The van der Waals surface area contributed by atoms with Gasteiger partial charge in [0.25, 0.3) is 0 Å². The maximum absolute atomic E-state index is 5.58. The van der Waals surface area contributed by atoms with Gasteiger partial charge in [-0.25, -0.2) is 0 Å². The Balaban J connectivity index is 2.30. The first kappa shape index (κ1) is 15.5. The summed E-state index contributed by atoms with van der Waals surface area (Å²) in [5.74, 6) is 0.693. The van der Waals surface area contributed by atoms with Crippen molar-refractivity contribution in [3.63, 3.8) is 0 Å². The lowest BCUT2D eigenvalue weighted by molar-refractivity contribution is 0.283. The first-order valence-corrected chi connectivity index (χ1v) is 7.89. The van der Waals surface area contributed by atoms with Crippen molar-refractivity contribution in [3.05, 3.63) is 29.8 Å². The van der Waals surface area contributed by atoms with Crippen molar-refractivity contribution in [3.8, 4) is 0 Å². The molecule has 102 valence electrons. The fraction of sp³-hybridized carbons (Fsp3) is 0.600. The minimum absolute atomic E-state index is 0.693. The fourth-order valence-corrected chi connectivity index (χ4v) is 2.52. The molecule has 3 heteroatoms. The van der Waals surface area contributed by atoms with E-state index in [9.17, 15) is 0 Å². The molecule has 18 heavy (non-hydrogen) atoms. The van der Waals surface area contributed by atoms with E-state index >= 15 is 0 Å². The second-order valence-electron chi connectivity index (χ2n) is 5.04. The number of hydrogen-bond acceptors (Lipinski definition) is 3. The molecule has 1 atom stereocenters. The predicted molar refractivity (Wildman–Crippen MR) is 82.3 cm³/mol. The number of nitrogens with zero attached hydrogens (tertiary/aromatic N) is 1. The summed E-state index contributed by atoms with van der Waals surface area (Å²) in [4.78, 5) is 3.74. The molecule has 1 rings (SSSR count). The molecule has 0 aliphatic carbocycles. The third kappa shape index (κ3) is 5.89. The normalized spacial score (nSPS) is 12.9. The molecule has 0 spiro atoms. The van der Waals surface area contributed by atoms with Gasteiger partial charge in [0, 0.05) is 18.0 Å². The van der Waals surface area contributed by atoms with Crippen molar-refractivity contribution in [2.45, 2.75) is 24.7 Å². The standard InChI is InChI=1S/C15H26N2S/c1-13(8-10-16)12-17(2)11-9-14-4-6-15(18-3)7-5-14/h4-7,13H,8-12,16H2,1-3H3. The van der Waals surface area contributed by atoms with Crippen LogP contribution in [0.25, 0.3) is 0 Å². The van der Waals surface area contributed by atoms with Gasteiger partial charge in [0.15, 0.2) is 0 Å². The molecule has 1 aromatic rings. The Morgan fingerprint density at radius 2 is 1.94 bits per heavy atom. The lowest BCUT2D eigenvalue weighted by atomic mass is 10.1. The van der Waals surface area contributed by atoms with E-state index in [1.807, 2.05) is 0 Å². The van der Waals surface area contributed by atoms with Gasteiger partial charge in [-0.1, -0.05) is 19.1 Å². The van der Waals surface area contributed by atoms with Crippen LogP contribution in [-0.4, -0.2) is 37.8 Å². The van der Waals surface area contributed by atoms with Gasteiger partial charge in [-0.2, -0.15) is 0 Å². The number of rotatable bonds is 8. The van der Waals surface area contributed by atoms with E-state index in [2.05, 4.69) is 49.4 Å². The van der Waals surface area contributed by atoms with Crippen LogP contribution in [0.2, 0.25) is 0 Å². The average Bonchev–Trinajstić information content (AvgIpc) is 2.37. The molecule has 0 radical (unpaired) electrons. The van der Waals surface area contributed by atoms with E-state index in [4.69, 9.17) is 5.73 Å².